The number of hydrogen-bond acceptors (Lipinski definition) is 3. The van der Waals surface area contributed by atoms with Gasteiger partial charge in [-0.25, -0.2) is 4.98 Å². The fourth-order valence-corrected chi connectivity index (χ4v) is 1.03. The molecule has 80 valence electrons. The number of hydrogen-bond donors (Lipinski definition) is 1. The van der Waals surface area contributed by atoms with Crippen molar-refractivity contribution in [3.8, 4) is 0 Å². The van der Waals surface area contributed by atoms with Crippen molar-refractivity contribution >= 4 is 61.5 Å². The molecular weight excluding hydrogens is 387 g/mol. The first-order valence-electron chi connectivity index (χ1n) is 3.16. The van der Waals surface area contributed by atoms with Crippen LogP contribution in [0.4, 0.5) is 10.2 Å². The van der Waals surface area contributed by atoms with Crippen LogP contribution in [0.3, 0.4) is 0 Å². The van der Waals surface area contributed by atoms with Gasteiger partial charge in [0.25, 0.3) is 0 Å². The molecule has 0 atom stereocenters. The summed E-state index contributed by atoms with van der Waals surface area (Å²) >= 11 is 2.93. The maximum atomic E-state index is 12.9. The zero-order chi connectivity index (χ0) is 9.14. The van der Waals surface area contributed by atoms with Crippen LogP contribution in [-0.2, 0) is 0 Å². The van der Waals surface area contributed by atoms with E-state index >= 15 is 0 Å². The molecule has 0 saturated carbocycles. The normalized spacial score (nSPS) is 8.43. The number of pyridine rings is 1. The number of alkyl halides is 1. The minimum Gasteiger partial charge on any atom is -0.384 e. The summed E-state index contributed by atoms with van der Waals surface area (Å²) in [6, 6.07) is 2.71. The van der Waals surface area contributed by atoms with Gasteiger partial charge >= 0.3 is 0 Å². The summed E-state index contributed by atoms with van der Waals surface area (Å²) in [4.78, 5) is 14.3. The Labute approximate surface area is 110 Å². The molecule has 0 aromatic carbocycles. The highest BCUT2D eigenvalue weighted by molar-refractivity contribution is 9.09. The number of carbonyl (C=O) groups excluding carboxylic acids is 1. The van der Waals surface area contributed by atoms with Crippen molar-refractivity contribution in [2.75, 3.05) is 11.1 Å². The molecule has 2 N–H and O–H groups in total. The minimum atomic E-state index is -0.820. The number of nitrogen functional groups attached to an aromatic ring is 1. The SMILES string of the molecule is Br.Br.Nc1ccc(C(=O)CBr)c(F)n1. The molecule has 0 aliphatic carbocycles. The van der Waals surface area contributed by atoms with Gasteiger partial charge in [-0.3, -0.25) is 4.79 Å². The average Bonchev–Trinajstić information content (AvgIpc) is 2.03. The van der Waals surface area contributed by atoms with Gasteiger partial charge in [-0.2, -0.15) is 4.39 Å². The fourth-order valence-electron chi connectivity index (χ4n) is 0.728. The van der Waals surface area contributed by atoms with Gasteiger partial charge in [-0.05, 0) is 12.1 Å². The van der Waals surface area contributed by atoms with Crippen LogP contribution in [0.5, 0.6) is 0 Å². The van der Waals surface area contributed by atoms with Gasteiger partial charge in [-0.1, -0.05) is 15.9 Å². The van der Waals surface area contributed by atoms with Crippen LogP contribution in [0.2, 0.25) is 0 Å². The Morgan fingerprint density at radius 3 is 2.50 bits per heavy atom. The Hall–Kier alpha value is -0.0100. The summed E-state index contributed by atoms with van der Waals surface area (Å²) < 4.78 is 12.9. The fraction of sp³-hybridized carbons (Fsp3) is 0.143. The van der Waals surface area contributed by atoms with E-state index in [-0.39, 0.29) is 56.5 Å². The second-order valence-electron chi connectivity index (χ2n) is 2.13. The molecule has 1 rings (SSSR count). The van der Waals surface area contributed by atoms with Crippen LogP contribution < -0.4 is 5.73 Å². The van der Waals surface area contributed by atoms with Gasteiger partial charge in [0.15, 0.2) is 5.78 Å². The molecule has 0 bridgehead atoms. The number of nitrogens with zero attached hydrogens (tertiary/aromatic N) is 1. The third-order valence-electron chi connectivity index (χ3n) is 1.29. The molecule has 0 radical (unpaired) electrons. The molecule has 0 aliphatic rings. The van der Waals surface area contributed by atoms with Crippen LogP contribution in [0.15, 0.2) is 12.1 Å². The van der Waals surface area contributed by atoms with E-state index in [0.717, 1.165) is 0 Å². The zero-order valence-electron chi connectivity index (χ0n) is 6.87. The molecule has 0 fully saturated rings. The second kappa shape index (κ2) is 7.30. The van der Waals surface area contributed by atoms with Crippen LogP contribution in [0, 0.1) is 5.95 Å². The highest BCUT2D eigenvalue weighted by atomic mass is 79.9. The first kappa shape index (κ1) is 16.4. The lowest BCUT2D eigenvalue weighted by atomic mass is 10.2. The van der Waals surface area contributed by atoms with E-state index in [2.05, 4.69) is 20.9 Å². The first-order chi connectivity index (χ1) is 5.65. The summed E-state index contributed by atoms with van der Waals surface area (Å²) in [6.07, 6.45) is 0. The van der Waals surface area contributed by atoms with Crippen molar-refractivity contribution in [2.45, 2.75) is 0 Å². The number of aromatic nitrogens is 1. The standard InChI is InChI=1S/C7H6BrFN2O.2BrH/c8-3-5(12)4-1-2-6(10)11-7(4)9;;/h1-2H,3H2,(H2,10,11);2*1H. The quantitative estimate of drug-likeness (QED) is 0.476. The summed E-state index contributed by atoms with van der Waals surface area (Å²) in [7, 11) is 0. The third kappa shape index (κ3) is 4.02. The Morgan fingerprint density at radius 1 is 1.50 bits per heavy atom. The van der Waals surface area contributed by atoms with Crippen LogP contribution in [0.1, 0.15) is 10.4 Å². The molecule has 0 aliphatic heterocycles. The van der Waals surface area contributed by atoms with Gasteiger partial charge in [0.05, 0.1) is 10.9 Å². The molecule has 1 heterocycles. The van der Waals surface area contributed by atoms with E-state index in [4.69, 9.17) is 5.73 Å². The molecule has 0 unspecified atom stereocenters. The third-order valence-corrected chi connectivity index (χ3v) is 1.80. The lowest BCUT2D eigenvalue weighted by Crippen LogP contribution is -2.06. The number of anilines is 1. The van der Waals surface area contributed by atoms with E-state index < -0.39 is 5.95 Å². The molecule has 1 aromatic rings. The molecule has 3 nitrogen and oxygen atoms in total. The summed E-state index contributed by atoms with van der Waals surface area (Å²) in [6.45, 7) is 0. The van der Waals surface area contributed by atoms with E-state index in [0.29, 0.717) is 0 Å². The van der Waals surface area contributed by atoms with E-state index in [9.17, 15) is 9.18 Å². The molecule has 0 saturated heterocycles. The summed E-state index contributed by atoms with van der Waals surface area (Å²) in [5, 5.41) is 0.0789. The van der Waals surface area contributed by atoms with Gasteiger partial charge in [0.2, 0.25) is 5.95 Å². The van der Waals surface area contributed by atoms with E-state index in [1.807, 2.05) is 0 Å². The van der Waals surface area contributed by atoms with E-state index in [1.54, 1.807) is 0 Å². The Kier molecular flexibility index (Phi) is 8.57. The van der Waals surface area contributed by atoms with Gasteiger partial charge in [0, 0.05) is 0 Å². The van der Waals surface area contributed by atoms with E-state index in [1.165, 1.54) is 12.1 Å². The van der Waals surface area contributed by atoms with Gasteiger partial charge in [-0.15, -0.1) is 34.0 Å². The molecule has 0 spiro atoms. The minimum absolute atomic E-state index is 0. The number of carbonyl (C=O) groups is 1. The topological polar surface area (TPSA) is 56.0 Å². The van der Waals surface area contributed by atoms with Crippen LogP contribution in [-0.4, -0.2) is 16.1 Å². The Balaban J connectivity index is 0. The van der Waals surface area contributed by atoms with Crippen molar-refractivity contribution in [3.05, 3.63) is 23.6 Å². The number of nitrogens with two attached hydrogens (primary N) is 1. The predicted octanol–water partition coefficient (Wildman–Crippen LogP) is 2.54. The van der Waals surface area contributed by atoms with Crippen molar-refractivity contribution in [1.29, 1.82) is 0 Å². The Morgan fingerprint density at radius 2 is 2.07 bits per heavy atom. The van der Waals surface area contributed by atoms with Crippen molar-refractivity contribution < 1.29 is 9.18 Å². The smallest absolute Gasteiger partial charge is 0.225 e. The number of ketones is 1. The Bertz CT molecular complexity index is 322. The maximum absolute atomic E-state index is 12.9. The van der Waals surface area contributed by atoms with Crippen molar-refractivity contribution in [2.24, 2.45) is 0 Å². The lowest BCUT2D eigenvalue weighted by Gasteiger charge is -1.98. The number of Topliss-reactive ketones (excluding diaryl/α,β-unsaturated/α-hetero) is 1. The monoisotopic (exact) mass is 392 g/mol. The van der Waals surface area contributed by atoms with Crippen molar-refractivity contribution in [3.63, 3.8) is 0 Å². The van der Waals surface area contributed by atoms with Gasteiger partial charge in [0.1, 0.15) is 5.82 Å². The average molecular weight is 395 g/mol. The number of rotatable bonds is 2. The predicted molar refractivity (Wildman–Crippen MR) is 67.4 cm³/mol. The van der Waals surface area contributed by atoms with Crippen molar-refractivity contribution in [1.82, 2.24) is 4.98 Å². The summed E-state index contributed by atoms with van der Waals surface area (Å²) in [5.74, 6) is -1.10. The molecular formula is C7H8Br3FN2O. The highest BCUT2D eigenvalue weighted by Crippen LogP contribution is 2.09. The lowest BCUT2D eigenvalue weighted by molar-refractivity contribution is 0.101. The molecule has 1 aromatic heterocycles. The maximum Gasteiger partial charge on any atom is 0.225 e. The highest BCUT2D eigenvalue weighted by Gasteiger charge is 2.10. The molecule has 14 heavy (non-hydrogen) atoms. The van der Waals surface area contributed by atoms with Crippen LogP contribution in [0.25, 0.3) is 0 Å². The first-order valence-corrected chi connectivity index (χ1v) is 4.28. The largest absolute Gasteiger partial charge is 0.384 e. The summed E-state index contributed by atoms with van der Waals surface area (Å²) in [5.41, 5.74) is 5.15. The van der Waals surface area contributed by atoms with Gasteiger partial charge < -0.3 is 5.73 Å². The zero-order valence-corrected chi connectivity index (χ0v) is 11.9. The molecule has 0 amide bonds. The second-order valence-corrected chi connectivity index (χ2v) is 2.69. The number of halogens is 4. The van der Waals surface area contributed by atoms with Crippen LogP contribution >= 0.6 is 49.9 Å². The molecule has 7 heteroatoms.